The van der Waals surface area contributed by atoms with Gasteiger partial charge in [-0.25, -0.2) is 19.2 Å². The average molecular weight is 1440 g/mol. The van der Waals surface area contributed by atoms with Crippen molar-refractivity contribution in [3.8, 4) is 11.5 Å². The van der Waals surface area contributed by atoms with Crippen LogP contribution in [0.4, 0.5) is 56.9 Å². The van der Waals surface area contributed by atoms with E-state index in [0.717, 1.165) is 0 Å². The maximum Gasteiger partial charge on any atom is 0.340 e. The normalized spacial score (nSPS) is 10.8. The third kappa shape index (κ3) is 20.1. The van der Waals surface area contributed by atoms with Crippen LogP contribution >= 0.6 is 11.6 Å². The molecule has 0 radical (unpaired) electrons. The molecule has 0 unspecified atom stereocenters. The van der Waals surface area contributed by atoms with Crippen LogP contribution in [0.2, 0.25) is 5.02 Å². The van der Waals surface area contributed by atoms with Gasteiger partial charge < -0.3 is 60.3 Å². The molecule has 6 amide bonds. The van der Waals surface area contributed by atoms with Gasteiger partial charge >= 0.3 is 23.9 Å². The molecule has 9 aromatic carbocycles. The van der Waals surface area contributed by atoms with Crippen LogP contribution in [0, 0.1) is 0 Å². The van der Waals surface area contributed by atoms with Crippen LogP contribution in [0.15, 0.2) is 209 Å². The van der Waals surface area contributed by atoms with E-state index in [1.807, 2.05) is 27.7 Å². The highest BCUT2D eigenvalue weighted by molar-refractivity contribution is 6.31. The van der Waals surface area contributed by atoms with Crippen molar-refractivity contribution in [2.45, 2.75) is 53.4 Å². The van der Waals surface area contributed by atoms with Crippen molar-refractivity contribution >= 4 is 128 Å². The van der Waals surface area contributed by atoms with Crippen LogP contribution in [-0.4, -0.2) is 100.0 Å². The minimum atomic E-state index is -0.812. The van der Waals surface area contributed by atoms with E-state index in [9.17, 15) is 47.9 Å². The minimum Gasteiger partial charge on any atom is -0.495 e. The molecule has 26 nitrogen and oxygen atoms in total. The van der Waals surface area contributed by atoms with Crippen LogP contribution in [0.25, 0.3) is 0 Å². The lowest BCUT2D eigenvalue weighted by molar-refractivity contribution is 0.0497. The summed E-state index contributed by atoms with van der Waals surface area (Å²) in [6.45, 7) is 7.89. The van der Waals surface area contributed by atoms with Gasteiger partial charge in [0.2, 0.25) is 0 Å². The Kier molecular flexibility index (Phi) is 26.7. The smallest absolute Gasteiger partial charge is 0.340 e. The number of halogens is 1. The molecule has 0 fully saturated rings. The molecular formula is C78H71ClN10O16. The molecular weight excluding hydrogens is 1370 g/mol. The molecule has 105 heavy (non-hydrogen) atoms. The van der Waals surface area contributed by atoms with Gasteiger partial charge in [0.05, 0.1) is 131 Å². The number of carbonyl (C=O) groups excluding carboxylic acids is 10. The summed E-state index contributed by atoms with van der Waals surface area (Å²) >= 11 is 6.55. The average Bonchev–Trinajstić information content (AvgIpc) is 0.793. The third-order valence-electron chi connectivity index (χ3n) is 15.1. The number of ether oxygens (including phenoxy) is 6. The van der Waals surface area contributed by atoms with E-state index in [1.165, 1.54) is 117 Å². The molecule has 0 saturated carbocycles. The lowest BCUT2D eigenvalue weighted by Gasteiger charge is -2.16. The second-order valence-corrected chi connectivity index (χ2v) is 23.3. The Morgan fingerprint density at radius 3 is 0.857 bits per heavy atom. The summed E-state index contributed by atoms with van der Waals surface area (Å²) in [6.07, 6.45) is 2.22. The molecule has 0 aromatic heterocycles. The maximum atomic E-state index is 14.4. The first kappa shape index (κ1) is 76.0. The Bertz CT molecular complexity index is 4370. The number of para-hydroxylation sites is 4. The predicted molar refractivity (Wildman–Crippen MR) is 394 cm³/mol. The Morgan fingerprint density at radius 2 is 0.581 bits per heavy atom. The summed E-state index contributed by atoms with van der Waals surface area (Å²) in [4.78, 5) is 138. The van der Waals surface area contributed by atoms with Crippen LogP contribution < -0.4 is 41.4 Å². The molecule has 0 heterocycles. The molecule has 536 valence electrons. The molecule has 0 aliphatic heterocycles. The predicted octanol–water partition coefficient (Wildman–Crippen LogP) is 17.0. The Morgan fingerprint density at radius 1 is 0.305 bits per heavy atom. The van der Waals surface area contributed by atoms with Crippen molar-refractivity contribution in [1.29, 1.82) is 0 Å². The molecule has 9 aromatic rings. The zero-order valence-electron chi connectivity index (χ0n) is 57.8. The quantitative estimate of drug-likeness (QED) is 0.0138. The van der Waals surface area contributed by atoms with Crippen molar-refractivity contribution < 1.29 is 76.4 Å². The number of nitrogens with one attached hydrogen (secondary N) is 6. The molecule has 0 spiro atoms. The van der Waals surface area contributed by atoms with Gasteiger partial charge in [-0.1, -0.05) is 100.0 Å². The summed E-state index contributed by atoms with van der Waals surface area (Å²) in [5, 5.41) is 34.0. The van der Waals surface area contributed by atoms with Gasteiger partial charge in [0.1, 0.15) is 11.5 Å². The van der Waals surface area contributed by atoms with Crippen LogP contribution in [0.3, 0.4) is 0 Å². The van der Waals surface area contributed by atoms with Gasteiger partial charge in [-0.2, -0.15) is 20.5 Å². The zero-order valence-corrected chi connectivity index (χ0v) is 58.5. The van der Waals surface area contributed by atoms with E-state index in [1.54, 1.807) is 84.9 Å². The number of carbonyl (C=O) groups is 10. The van der Waals surface area contributed by atoms with Crippen molar-refractivity contribution in [2.24, 2.45) is 20.5 Å². The van der Waals surface area contributed by atoms with E-state index < -0.39 is 59.3 Å². The fraction of sp³-hybridized carbons (Fsp3) is 0.179. The van der Waals surface area contributed by atoms with Gasteiger partial charge in [0.15, 0.2) is 0 Å². The van der Waals surface area contributed by atoms with Gasteiger partial charge in [-0.15, -0.1) is 0 Å². The molecule has 0 bridgehead atoms. The molecule has 0 aliphatic carbocycles. The molecule has 9 rings (SSSR count). The first-order valence-electron chi connectivity index (χ1n) is 33.0. The molecule has 27 heteroatoms. The second-order valence-electron chi connectivity index (χ2n) is 22.8. The summed E-state index contributed by atoms with van der Waals surface area (Å²) < 4.78 is 32.9. The molecule has 0 aliphatic rings. The minimum absolute atomic E-state index is 0.0176. The van der Waals surface area contributed by atoms with Crippen LogP contribution in [0.1, 0.15) is 157 Å². The highest BCUT2D eigenvalue weighted by Gasteiger charge is 2.28. The zero-order chi connectivity index (χ0) is 74.9. The number of hydrogen-bond donors (Lipinski definition) is 6. The molecule has 0 saturated heterocycles. The number of amides is 6. The van der Waals surface area contributed by atoms with E-state index >= 15 is 0 Å². The number of azo groups is 2. The van der Waals surface area contributed by atoms with E-state index in [0.29, 0.717) is 25.7 Å². The van der Waals surface area contributed by atoms with Gasteiger partial charge in [-0.05, 0) is 153 Å². The number of anilines is 6. The SMILES string of the molecule is CCCOC(=O)c1ccccc1NC(=O)c1cc(N=Nc2cccc(NC(=O)c3cc(Cl)cc(C(=O)Nc4cccc(N=Nc5cc(C(=O)Nc6ccccc6C(=O)OCCC)c(OC)c(C(=O)Nc6ccccc6C(=O)OCCC)c5)c4)c3)c2)cc(C(=O)Nc2ccccc2C(=O)OCCC)c1OC. The standard InChI is InChI=1S/C78H71ClN10O16/c1-7-33-102-75(96)55-25-11-15-29-63(55)82-71(92)59-42-53(43-60(67(59)100-5)72(93)83-64-30-16-12-26-56(64)76(97)103-34-8-2)88-86-51-23-19-21-49(40-51)80-69(90)46-37-47(39-48(79)38-46)70(91)81-50-22-20-24-52(41-50)87-89-54-44-61(73(94)84-65-31-17-13-27-57(65)77(98)104-35-9-3)68(101-6)62(45-54)74(95)85-66-32-18-14-28-58(66)78(99)105-36-10-4/h11-32,37-45H,7-10,33-36H2,1-6H3,(H,80,90)(H,81,91)(H,82,92)(H,83,93)(H,84,94)(H,85,95). The number of benzene rings is 9. The Labute approximate surface area is 607 Å². The Balaban J connectivity index is 0.945. The van der Waals surface area contributed by atoms with E-state index in [2.05, 4.69) is 52.4 Å². The Hall–Kier alpha value is -13.2. The van der Waals surface area contributed by atoms with Crippen LogP contribution in [0.5, 0.6) is 11.5 Å². The van der Waals surface area contributed by atoms with Gasteiger partial charge in [0.25, 0.3) is 35.4 Å². The topological polar surface area (TPSA) is 348 Å². The van der Waals surface area contributed by atoms with E-state index in [-0.39, 0.29) is 155 Å². The highest BCUT2D eigenvalue weighted by Crippen LogP contribution is 2.37. The van der Waals surface area contributed by atoms with Gasteiger partial charge in [-0.3, -0.25) is 28.8 Å². The van der Waals surface area contributed by atoms with Crippen LogP contribution in [-0.2, 0) is 18.9 Å². The van der Waals surface area contributed by atoms with Crippen molar-refractivity contribution in [3.05, 3.63) is 249 Å². The highest BCUT2D eigenvalue weighted by atomic mass is 35.5. The number of nitrogens with zero attached hydrogens (tertiary/aromatic N) is 4. The lowest BCUT2D eigenvalue weighted by Crippen LogP contribution is -2.20. The first-order valence-corrected chi connectivity index (χ1v) is 33.4. The monoisotopic (exact) mass is 1440 g/mol. The van der Waals surface area contributed by atoms with Crippen molar-refractivity contribution in [3.63, 3.8) is 0 Å². The number of methoxy groups -OCH3 is 2. The fourth-order valence-electron chi connectivity index (χ4n) is 10.2. The van der Waals surface area contributed by atoms with Crippen molar-refractivity contribution in [2.75, 3.05) is 72.5 Å². The number of esters is 4. The largest absolute Gasteiger partial charge is 0.495 e. The number of hydrogen-bond acceptors (Lipinski definition) is 20. The lowest BCUT2D eigenvalue weighted by atomic mass is 10.0. The molecule has 0 atom stereocenters. The summed E-state index contributed by atoms with van der Waals surface area (Å²) in [6, 6.07) is 46.4. The number of rotatable bonds is 30. The third-order valence-corrected chi connectivity index (χ3v) is 15.3. The summed E-state index contributed by atoms with van der Waals surface area (Å²) in [5.41, 5.74) is 0.573. The van der Waals surface area contributed by atoms with Gasteiger partial charge in [0, 0.05) is 27.5 Å². The second kappa shape index (κ2) is 36.9. The van der Waals surface area contributed by atoms with E-state index in [4.69, 9.17) is 40.0 Å². The maximum absolute atomic E-state index is 14.4. The summed E-state index contributed by atoms with van der Waals surface area (Å²) in [5.74, 6) is -7.72. The van der Waals surface area contributed by atoms with Crippen molar-refractivity contribution in [1.82, 2.24) is 0 Å². The first-order chi connectivity index (χ1) is 50.8. The fourth-order valence-corrected chi connectivity index (χ4v) is 10.4. The molecule has 6 N–H and O–H groups in total. The summed E-state index contributed by atoms with van der Waals surface area (Å²) in [7, 11) is 2.51.